The van der Waals surface area contributed by atoms with Gasteiger partial charge in [-0.2, -0.15) is 0 Å². The third-order valence-corrected chi connectivity index (χ3v) is 18.2. The molecule has 5 aromatic heterocycles. The first-order valence-electron chi connectivity index (χ1n) is 24.2. The van der Waals surface area contributed by atoms with Gasteiger partial charge in [-0.15, -0.1) is 5.10 Å². The van der Waals surface area contributed by atoms with Crippen LogP contribution in [0.5, 0.6) is 0 Å². The maximum Gasteiger partial charge on any atom is 0.360 e. The smallest absolute Gasteiger partial charge is 0.360 e. The average Bonchev–Trinajstić information content (AvgIpc) is 3.95. The molecule has 0 bridgehead atoms. The van der Waals surface area contributed by atoms with E-state index in [0.717, 1.165) is 0 Å². The Labute approximate surface area is 500 Å². The van der Waals surface area contributed by atoms with E-state index < -0.39 is 63.1 Å². The Morgan fingerprint density at radius 1 is 0.553 bits per heavy atom. The van der Waals surface area contributed by atoms with E-state index >= 15 is 0 Å². The van der Waals surface area contributed by atoms with Crippen LogP contribution >= 0.6 is 28.1 Å². The molecule has 0 aliphatic carbocycles. The van der Waals surface area contributed by atoms with E-state index in [0.29, 0.717) is 38.4 Å². The second-order valence-electron chi connectivity index (χ2n) is 17.9. The number of nitrogens with one attached hydrogen (secondary N) is 2. The van der Waals surface area contributed by atoms with Crippen LogP contribution in [-0.4, -0.2) is 126 Å². The van der Waals surface area contributed by atoms with Gasteiger partial charge in [-0.25, -0.2) is 74.7 Å². The molecule has 15 N–H and O–H groups in total. The fourth-order valence-corrected chi connectivity index (χ4v) is 10.00. The number of hydrogen-bond acceptors (Lipinski definition) is 27. The number of thiocarbonyl (C=S) groups is 1. The van der Waals surface area contributed by atoms with Crippen molar-refractivity contribution < 1.29 is 53.9 Å². The summed E-state index contributed by atoms with van der Waals surface area (Å²) in [4.78, 5) is 66.5. The Bertz CT molecular complexity index is 4110. The second-order valence-corrected chi connectivity index (χ2v) is 26.7. The number of benzene rings is 3. The number of nitrogen functional groups attached to an aromatic ring is 5. The van der Waals surface area contributed by atoms with Crippen molar-refractivity contribution in [3.8, 4) is 45.4 Å². The molecule has 8 rings (SSSR count). The zero-order valence-electron chi connectivity index (χ0n) is 45.9. The minimum atomic E-state index is -3.37. The van der Waals surface area contributed by atoms with Crippen LogP contribution in [0.1, 0.15) is 73.0 Å². The Morgan fingerprint density at radius 2 is 0.929 bits per heavy atom. The van der Waals surface area contributed by atoms with Crippen LogP contribution in [0.15, 0.2) is 121 Å². The van der Waals surface area contributed by atoms with Gasteiger partial charge in [0.05, 0.1) is 79.4 Å². The van der Waals surface area contributed by atoms with E-state index in [2.05, 4.69) is 93.8 Å². The zero-order chi connectivity index (χ0) is 63.3. The number of carbonyl (C=O) groups is 3. The molecule has 0 aliphatic heterocycles. The number of nitrogens with two attached hydrogens (primary N) is 6. The van der Waals surface area contributed by atoms with Gasteiger partial charge in [-0.1, -0.05) is 41.5 Å². The summed E-state index contributed by atoms with van der Waals surface area (Å²) in [6, 6.07) is 18.4. The van der Waals surface area contributed by atoms with Crippen molar-refractivity contribution in [3.63, 3.8) is 0 Å². The Kier molecular flexibility index (Phi) is 22.0. The van der Waals surface area contributed by atoms with E-state index in [4.69, 9.17) is 43.9 Å². The van der Waals surface area contributed by atoms with Crippen LogP contribution in [0.4, 0.5) is 29.3 Å². The van der Waals surface area contributed by atoms with Crippen molar-refractivity contribution in [2.75, 3.05) is 35.8 Å². The standard InChI is InChI=1S/C15H18N6O3S2.C15H16N6O3S.C14H15N3O4S.C6H6BrN3O2/c1-8(2)26(23,24)10-5-3-9(4-6-10)11-7-18-13(16)12(19-11)14(22)20-21-15(17)25;1-8(2)25(22,23)10-5-3-9(4-6-10)11-7-18-13(16)12(19-11)14-20-21-15(17)24-14;1-8(2)22(20,21)10-5-3-9(4-6-10)11-7-16-13(15)12(17-11)14(18)19;1-12-6(11)4-5(8)9-2-3(7)10-4/h3-8H,1-2H3,(H2,16,18)(H,20,22)(H3,17,21,25);3-8H,1-2H3,(H2,16,18)(H2,17,21);3-8H,1-2H3,(H2,15,16)(H,18,19);2H,1H3,(H2,8,9). The van der Waals surface area contributed by atoms with Gasteiger partial charge in [0.25, 0.3) is 11.8 Å². The molecule has 8 aromatic rings. The summed E-state index contributed by atoms with van der Waals surface area (Å²) in [5.74, 6) is -2.54. The fraction of sp³-hybridized carbons (Fsp3) is 0.200. The number of aromatic carboxylic acids is 1. The summed E-state index contributed by atoms with van der Waals surface area (Å²) in [5.41, 5.74) is 40.2. The fourth-order valence-electron chi connectivity index (χ4n) is 6.49. The first-order chi connectivity index (χ1) is 39.8. The van der Waals surface area contributed by atoms with Crippen molar-refractivity contribution in [2.24, 2.45) is 5.73 Å². The third-order valence-electron chi connectivity index (χ3n) is 11.2. The molecule has 0 saturated heterocycles. The monoisotopic (exact) mass is 1310 g/mol. The highest BCUT2D eigenvalue weighted by Gasteiger charge is 2.23. The quantitative estimate of drug-likeness (QED) is 0.0445. The summed E-state index contributed by atoms with van der Waals surface area (Å²) in [6.07, 6.45) is 5.61. The molecule has 5 heterocycles. The molecule has 30 nitrogen and oxygen atoms in total. The van der Waals surface area contributed by atoms with E-state index in [1.54, 1.807) is 77.9 Å². The molecule has 35 heteroatoms. The topological polar surface area (TPSA) is 505 Å². The molecule has 0 aliphatic rings. The number of hydrazine groups is 1. The van der Waals surface area contributed by atoms with Crippen LogP contribution in [0, 0.1) is 0 Å². The summed E-state index contributed by atoms with van der Waals surface area (Å²) < 4.78 is 82.8. The second kappa shape index (κ2) is 28.2. The number of amides is 1. The highest BCUT2D eigenvalue weighted by molar-refractivity contribution is 9.10. The molecule has 0 atom stereocenters. The summed E-state index contributed by atoms with van der Waals surface area (Å²) in [7, 11) is -8.81. The predicted octanol–water partition coefficient (Wildman–Crippen LogP) is 4.14. The van der Waals surface area contributed by atoms with Crippen molar-refractivity contribution in [3.05, 3.63) is 119 Å². The van der Waals surface area contributed by atoms with E-state index in [9.17, 15) is 39.6 Å². The molecule has 1 amide bonds. The number of carbonyl (C=O) groups excluding carboxylic acids is 2. The number of sulfone groups is 3. The van der Waals surface area contributed by atoms with Gasteiger partial charge in [-0.3, -0.25) is 15.6 Å². The largest absolute Gasteiger partial charge is 0.476 e. The number of nitrogens with zero attached hydrogens (tertiary/aromatic N) is 10. The minimum Gasteiger partial charge on any atom is -0.476 e. The first-order valence-corrected chi connectivity index (χ1v) is 30.1. The van der Waals surface area contributed by atoms with E-state index in [1.807, 2.05) is 0 Å². The Hall–Kier alpha value is -9.45. The number of rotatable bonds is 13. The molecule has 3 aromatic carbocycles. The molecule has 0 fully saturated rings. The number of carboxylic acid groups (broad SMARTS) is 1. The van der Waals surface area contributed by atoms with Gasteiger partial charge < -0.3 is 48.7 Å². The Balaban J connectivity index is 0.000000213. The summed E-state index contributed by atoms with van der Waals surface area (Å²) in [5, 5.41) is 14.6. The van der Waals surface area contributed by atoms with Crippen molar-refractivity contribution >= 4 is 110 Å². The zero-order valence-corrected chi connectivity index (χ0v) is 50.7. The number of methoxy groups -OCH3 is 1. The average molecular weight is 1310 g/mol. The van der Waals surface area contributed by atoms with Gasteiger partial charge in [0.2, 0.25) is 0 Å². The lowest BCUT2D eigenvalue weighted by molar-refractivity contribution is 0.0593. The number of halogens is 1. The minimum absolute atomic E-state index is 0.0203. The lowest BCUT2D eigenvalue weighted by Crippen LogP contribution is -2.44. The summed E-state index contributed by atoms with van der Waals surface area (Å²) >= 11 is 7.65. The van der Waals surface area contributed by atoms with Crippen molar-refractivity contribution in [1.82, 2.24) is 60.9 Å². The van der Waals surface area contributed by atoms with Crippen LogP contribution in [0.3, 0.4) is 0 Å². The number of ether oxygens (including phenoxy) is 1. The van der Waals surface area contributed by atoms with Crippen LogP contribution < -0.4 is 45.3 Å². The maximum atomic E-state index is 12.2. The normalized spacial score (nSPS) is 11.2. The molecular formula is C50H55BrN18O12S4. The highest BCUT2D eigenvalue weighted by atomic mass is 79.9. The van der Waals surface area contributed by atoms with Gasteiger partial charge in [-0.05, 0) is 106 Å². The van der Waals surface area contributed by atoms with Crippen molar-refractivity contribution in [2.45, 2.75) is 72.0 Å². The maximum absolute atomic E-state index is 12.2. The van der Waals surface area contributed by atoms with E-state index in [-0.39, 0.29) is 77.8 Å². The molecule has 0 unspecified atom stereocenters. The molecule has 0 saturated carbocycles. The predicted molar refractivity (Wildman–Crippen MR) is 320 cm³/mol. The third kappa shape index (κ3) is 16.9. The number of hydrogen-bond donors (Lipinski definition) is 9. The number of anilines is 5. The number of esters is 1. The van der Waals surface area contributed by atoms with Gasteiger partial charge in [0.15, 0.2) is 80.7 Å². The molecule has 85 heavy (non-hydrogen) atoms. The molecule has 0 radical (unpaired) electrons. The molecule has 448 valence electrons. The number of carboxylic acids is 1. The molecule has 0 spiro atoms. The van der Waals surface area contributed by atoms with Gasteiger partial charge in [0, 0.05) is 16.7 Å². The highest BCUT2D eigenvalue weighted by Crippen LogP contribution is 2.28. The van der Waals surface area contributed by atoms with E-state index in [1.165, 1.54) is 68.3 Å². The first kappa shape index (κ1) is 66.4. The SMILES string of the molecule is CC(C)S(=O)(=O)c1ccc(-c2cnc(N)c(-c3nnc(N)o3)n2)cc1.CC(C)S(=O)(=O)c1ccc(-c2cnc(N)c(C(=O)NNC(N)=S)n2)cc1.CC(C)S(=O)(=O)c1ccc(-c2cnc(N)c(C(=O)O)n2)cc1.COC(=O)c1nc(Br)cnc1N. The van der Waals surface area contributed by atoms with Gasteiger partial charge in [0.1, 0.15) is 4.60 Å². The molecular weight excluding hydrogens is 1250 g/mol. The Morgan fingerprint density at radius 3 is 1.31 bits per heavy atom. The number of aromatic nitrogens is 10. The summed E-state index contributed by atoms with van der Waals surface area (Å²) in [6.45, 7) is 9.71. The van der Waals surface area contributed by atoms with Gasteiger partial charge >= 0.3 is 18.0 Å². The van der Waals surface area contributed by atoms with Crippen LogP contribution in [-0.2, 0) is 34.2 Å². The van der Waals surface area contributed by atoms with Crippen LogP contribution in [0.2, 0.25) is 0 Å². The van der Waals surface area contributed by atoms with Crippen LogP contribution in [0.25, 0.3) is 45.4 Å². The lowest BCUT2D eigenvalue weighted by Gasteiger charge is -2.10. The lowest BCUT2D eigenvalue weighted by atomic mass is 10.1. The van der Waals surface area contributed by atoms with Crippen molar-refractivity contribution in [1.29, 1.82) is 0 Å².